The second-order valence-electron chi connectivity index (χ2n) is 5.59. The van der Waals surface area contributed by atoms with Crippen molar-refractivity contribution < 1.29 is 9.32 Å². The van der Waals surface area contributed by atoms with E-state index < -0.39 is 0 Å². The van der Waals surface area contributed by atoms with E-state index in [1.54, 1.807) is 0 Å². The summed E-state index contributed by atoms with van der Waals surface area (Å²) in [6.45, 7) is 6.38. The number of rotatable bonds is 6. The largest absolute Gasteiger partial charge is 0.339 e. The zero-order valence-corrected chi connectivity index (χ0v) is 15.1. The number of nitrogens with zero attached hydrogens (tertiary/aromatic N) is 2. The van der Waals surface area contributed by atoms with Gasteiger partial charge in [0.05, 0.1) is 6.04 Å². The minimum absolute atomic E-state index is 0.0958. The fourth-order valence-corrected chi connectivity index (χ4v) is 2.67. The van der Waals surface area contributed by atoms with E-state index >= 15 is 0 Å². The molecule has 0 aliphatic carbocycles. The summed E-state index contributed by atoms with van der Waals surface area (Å²) in [5, 5.41) is 9.59. The van der Waals surface area contributed by atoms with E-state index in [0.29, 0.717) is 24.7 Å². The predicted molar refractivity (Wildman–Crippen MR) is 91.2 cm³/mol. The van der Waals surface area contributed by atoms with Gasteiger partial charge in [-0.3, -0.25) is 0 Å². The van der Waals surface area contributed by atoms with Crippen molar-refractivity contribution in [2.24, 2.45) is 0 Å². The van der Waals surface area contributed by atoms with Crippen LogP contribution in [0.25, 0.3) is 0 Å². The third-order valence-electron chi connectivity index (χ3n) is 3.34. The van der Waals surface area contributed by atoms with Crippen molar-refractivity contribution in [3.05, 3.63) is 46.0 Å². The number of amides is 2. The molecule has 2 rings (SSSR count). The molecule has 0 bridgehead atoms. The average molecular weight is 381 g/mol. The van der Waals surface area contributed by atoms with Crippen molar-refractivity contribution in [1.82, 2.24) is 20.8 Å². The molecule has 2 amide bonds. The Morgan fingerprint density at radius 3 is 2.70 bits per heavy atom. The smallest absolute Gasteiger partial charge is 0.315 e. The standard InChI is InChI=1S/C16H21BrN4O2/c1-10(2)15-20-14(23-21-15)8-9-18-16(22)19-11(3)12-6-4-5-7-13(12)17/h4-7,10-11H,8-9H2,1-3H3,(H2,18,19,22). The minimum atomic E-state index is -0.225. The van der Waals surface area contributed by atoms with Crippen LogP contribution in [0, 0.1) is 0 Å². The van der Waals surface area contributed by atoms with Crippen LogP contribution in [0.15, 0.2) is 33.3 Å². The highest BCUT2D eigenvalue weighted by atomic mass is 79.9. The lowest BCUT2D eigenvalue weighted by Crippen LogP contribution is -2.38. The fraction of sp³-hybridized carbons (Fsp3) is 0.438. The zero-order valence-electron chi connectivity index (χ0n) is 13.5. The molecule has 0 radical (unpaired) electrons. The molecule has 1 unspecified atom stereocenters. The number of halogens is 1. The molecule has 7 heteroatoms. The van der Waals surface area contributed by atoms with Crippen molar-refractivity contribution in [1.29, 1.82) is 0 Å². The molecule has 0 saturated carbocycles. The molecule has 1 aromatic heterocycles. The molecular weight excluding hydrogens is 360 g/mol. The first-order chi connectivity index (χ1) is 11.0. The number of carbonyl (C=O) groups excluding carboxylic acids is 1. The predicted octanol–water partition coefficient (Wildman–Crippen LogP) is 3.56. The number of aromatic nitrogens is 2. The summed E-state index contributed by atoms with van der Waals surface area (Å²) in [7, 11) is 0. The molecule has 1 heterocycles. The number of benzene rings is 1. The first-order valence-corrected chi connectivity index (χ1v) is 8.38. The molecule has 1 atom stereocenters. The van der Waals surface area contributed by atoms with E-state index in [-0.39, 0.29) is 18.0 Å². The number of carbonyl (C=O) groups is 1. The van der Waals surface area contributed by atoms with Gasteiger partial charge in [-0.15, -0.1) is 0 Å². The van der Waals surface area contributed by atoms with Gasteiger partial charge in [0.15, 0.2) is 5.82 Å². The summed E-state index contributed by atoms with van der Waals surface area (Å²) in [5.74, 6) is 1.45. The van der Waals surface area contributed by atoms with Gasteiger partial charge in [0, 0.05) is 23.4 Å². The van der Waals surface area contributed by atoms with Crippen LogP contribution in [0.5, 0.6) is 0 Å². The summed E-state index contributed by atoms with van der Waals surface area (Å²) >= 11 is 3.48. The van der Waals surface area contributed by atoms with Gasteiger partial charge >= 0.3 is 6.03 Å². The summed E-state index contributed by atoms with van der Waals surface area (Å²) in [5.41, 5.74) is 1.03. The lowest BCUT2D eigenvalue weighted by Gasteiger charge is -2.16. The van der Waals surface area contributed by atoms with Crippen LogP contribution in [0.3, 0.4) is 0 Å². The number of urea groups is 1. The van der Waals surface area contributed by atoms with Gasteiger partial charge in [-0.05, 0) is 18.6 Å². The van der Waals surface area contributed by atoms with Crippen LogP contribution in [-0.2, 0) is 6.42 Å². The minimum Gasteiger partial charge on any atom is -0.339 e. The second-order valence-corrected chi connectivity index (χ2v) is 6.45. The van der Waals surface area contributed by atoms with E-state index in [1.165, 1.54) is 0 Å². The molecule has 124 valence electrons. The lowest BCUT2D eigenvalue weighted by molar-refractivity contribution is 0.237. The van der Waals surface area contributed by atoms with Crippen molar-refractivity contribution in [2.75, 3.05) is 6.54 Å². The molecule has 6 nitrogen and oxygen atoms in total. The van der Waals surface area contributed by atoms with Crippen LogP contribution in [-0.4, -0.2) is 22.7 Å². The molecule has 0 spiro atoms. The van der Waals surface area contributed by atoms with Gasteiger partial charge in [0.1, 0.15) is 0 Å². The Hall–Kier alpha value is -1.89. The van der Waals surface area contributed by atoms with Gasteiger partial charge in [0.25, 0.3) is 0 Å². The van der Waals surface area contributed by atoms with E-state index in [9.17, 15) is 4.79 Å². The number of nitrogens with one attached hydrogen (secondary N) is 2. The highest BCUT2D eigenvalue weighted by Crippen LogP contribution is 2.22. The molecule has 0 saturated heterocycles. The SMILES string of the molecule is CC(C)c1noc(CCNC(=O)NC(C)c2ccccc2Br)n1. The van der Waals surface area contributed by atoms with Gasteiger partial charge in [-0.25, -0.2) is 4.79 Å². The maximum Gasteiger partial charge on any atom is 0.315 e. The number of hydrogen-bond donors (Lipinski definition) is 2. The summed E-state index contributed by atoms with van der Waals surface area (Å²) in [6.07, 6.45) is 0.510. The van der Waals surface area contributed by atoms with Crippen molar-refractivity contribution in [3.63, 3.8) is 0 Å². The first-order valence-electron chi connectivity index (χ1n) is 7.58. The maximum absolute atomic E-state index is 11.9. The topological polar surface area (TPSA) is 80.0 Å². The van der Waals surface area contributed by atoms with E-state index in [1.807, 2.05) is 45.0 Å². The Morgan fingerprint density at radius 2 is 2.04 bits per heavy atom. The van der Waals surface area contributed by atoms with Crippen LogP contribution >= 0.6 is 15.9 Å². The van der Waals surface area contributed by atoms with Gasteiger partial charge in [-0.1, -0.05) is 53.1 Å². The Labute approximate surface area is 144 Å². The molecule has 0 aliphatic rings. The van der Waals surface area contributed by atoms with Gasteiger partial charge in [0.2, 0.25) is 5.89 Å². The number of hydrogen-bond acceptors (Lipinski definition) is 4. The Balaban J connectivity index is 1.77. The Bertz CT molecular complexity index is 657. The van der Waals surface area contributed by atoms with Crippen molar-refractivity contribution >= 4 is 22.0 Å². The highest BCUT2D eigenvalue weighted by molar-refractivity contribution is 9.10. The highest BCUT2D eigenvalue weighted by Gasteiger charge is 2.13. The second kappa shape index (κ2) is 8.10. The van der Waals surface area contributed by atoms with Crippen molar-refractivity contribution in [3.8, 4) is 0 Å². The van der Waals surface area contributed by atoms with Crippen LogP contribution in [0.2, 0.25) is 0 Å². The first kappa shape index (κ1) is 17.5. The third kappa shape index (κ3) is 5.06. The Morgan fingerprint density at radius 1 is 1.30 bits per heavy atom. The summed E-state index contributed by atoms with van der Waals surface area (Å²) in [4.78, 5) is 16.2. The van der Waals surface area contributed by atoms with Crippen LogP contribution in [0.4, 0.5) is 4.79 Å². The quantitative estimate of drug-likeness (QED) is 0.802. The van der Waals surface area contributed by atoms with E-state index in [4.69, 9.17) is 4.52 Å². The molecule has 23 heavy (non-hydrogen) atoms. The molecule has 0 aliphatic heterocycles. The average Bonchev–Trinajstić information content (AvgIpc) is 2.96. The monoisotopic (exact) mass is 380 g/mol. The molecule has 2 aromatic rings. The van der Waals surface area contributed by atoms with Gasteiger partial charge < -0.3 is 15.2 Å². The third-order valence-corrected chi connectivity index (χ3v) is 4.07. The van der Waals surface area contributed by atoms with E-state index in [2.05, 4.69) is 36.7 Å². The summed E-state index contributed by atoms with van der Waals surface area (Å²) in [6, 6.07) is 7.49. The van der Waals surface area contributed by atoms with Crippen molar-refractivity contribution in [2.45, 2.75) is 39.2 Å². The fourth-order valence-electron chi connectivity index (χ4n) is 2.04. The Kier molecular flexibility index (Phi) is 6.15. The lowest BCUT2D eigenvalue weighted by atomic mass is 10.1. The zero-order chi connectivity index (χ0) is 16.8. The molecule has 2 N–H and O–H groups in total. The normalized spacial score (nSPS) is 12.2. The van der Waals surface area contributed by atoms with Crippen LogP contribution in [0.1, 0.15) is 50.0 Å². The molecule has 1 aromatic carbocycles. The van der Waals surface area contributed by atoms with E-state index in [0.717, 1.165) is 10.0 Å². The van der Waals surface area contributed by atoms with Gasteiger partial charge in [-0.2, -0.15) is 4.98 Å². The molecular formula is C16H21BrN4O2. The summed E-state index contributed by atoms with van der Waals surface area (Å²) < 4.78 is 6.11. The molecule has 0 fully saturated rings. The maximum atomic E-state index is 11.9. The van der Waals surface area contributed by atoms with Crippen LogP contribution < -0.4 is 10.6 Å².